The molecule has 3 N–H and O–H groups in total. The highest BCUT2D eigenvalue weighted by Gasteiger charge is 2.76. The molecular formula is C28H41NO6. The number of carbonyl (C=O) groups excluding carboxylic acids is 2. The normalized spacial score (nSPS) is 44.3. The van der Waals surface area contributed by atoms with E-state index in [1.54, 1.807) is 31.0 Å². The Kier molecular flexibility index (Phi) is 5.82. The van der Waals surface area contributed by atoms with Gasteiger partial charge in [-0.25, -0.2) is 4.79 Å². The lowest BCUT2D eigenvalue weighted by atomic mass is 9.59. The van der Waals surface area contributed by atoms with E-state index in [1.165, 1.54) is 0 Å². The molecule has 0 heterocycles. The minimum atomic E-state index is -2.08. The highest BCUT2D eigenvalue weighted by molar-refractivity contribution is 5.95. The van der Waals surface area contributed by atoms with Gasteiger partial charge in [-0.1, -0.05) is 52.2 Å². The third-order valence-corrected chi connectivity index (χ3v) is 10.5. The molecule has 0 aliphatic heterocycles. The van der Waals surface area contributed by atoms with Crippen molar-refractivity contribution < 1.29 is 29.6 Å². The van der Waals surface area contributed by atoms with Gasteiger partial charge in [0.2, 0.25) is 0 Å². The average molecular weight is 488 g/mol. The average Bonchev–Trinajstić information content (AvgIpc) is 3.32. The van der Waals surface area contributed by atoms with E-state index in [4.69, 9.17) is 4.74 Å². The molecule has 3 saturated carbocycles. The smallest absolute Gasteiger partial charge is 0.410 e. The molecule has 1 amide bonds. The molecule has 5 rings (SSSR count). The van der Waals surface area contributed by atoms with Crippen molar-refractivity contribution in [1.82, 2.24) is 4.90 Å². The van der Waals surface area contributed by atoms with Crippen LogP contribution in [0.3, 0.4) is 0 Å². The highest BCUT2D eigenvalue weighted by Crippen LogP contribution is 2.71. The number of carbonyl (C=O) groups is 2. The first-order valence-electron chi connectivity index (χ1n) is 13.3. The van der Waals surface area contributed by atoms with Gasteiger partial charge in [0.25, 0.3) is 0 Å². The molecule has 35 heavy (non-hydrogen) atoms. The number of hydrogen-bond donors (Lipinski definition) is 3. The van der Waals surface area contributed by atoms with Gasteiger partial charge in [0.1, 0.15) is 6.10 Å². The van der Waals surface area contributed by atoms with Crippen molar-refractivity contribution in [3.05, 3.63) is 23.3 Å². The molecule has 5 aliphatic carbocycles. The summed E-state index contributed by atoms with van der Waals surface area (Å²) in [5.74, 6) is -0.495. The van der Waals surface area contributed by atoms with Crippen molar-refractivity contribution in [3.8, 4) is 0 Å². The molecule has 0 radical (unpaired) electrons. The van der Waals surface area contributed by atoms with Gasteiger partial charge in [-0.2, -0.15) is 0 Å². The number of ether oxygens (including phenoxy) is 1. The van der Waals surface area contributed by atoms with E-state index in [1.807, 2.05) is 6.92 Å². The third kappa shape index (κ3) is 3.20. The summed E-state index contributed by atoms with van der Waals surface area (Å²) in [5, 5.41) is 34.3. The summed E-state index contributed by atoms with van der Waals surface area (Å²) in [7, 11) is 1.72. The van der Waals surface area contributed by atoms with Gasteiger partial charge in [0.15, 0.2) is 17.5 Å². The van der Waals surface area contributed by atoms with Crippen molar-refractivity contribution in [3.63, 3.8) is 0 Å². The van der Waals surface area contributed by atoms with Crippen LogP contribution in [0.25, 0.3) is 0 Å². The van der Waals surface area contributed by atoms with Gasteiger partial charge >= 0.3 is 6.09 Å². The molecule has 0 aromatic carbocycles. The quantitative estimate of drug-likeness (QED) is 0.528. The van der Waals surface area contributed by atoms with Gasteiger partial charge in [0.05, 0.1) is 12.0 Å². The van der Waals surface area contributed by atoms with Crippen molar-refractivity contribution in [1.29, 1.82) is 0 Å². The lowest BCUT2D eigenvalue weighted by Crippen LogP contribution is -2.66. The van der Waals surface area contributed by atoms with Crippen LogP contribution in [0.1, 0.15) is 66.2 Å². The second-order valence-electron chi connectivity index (χ2n) is 12.5. The maximum Gasteiger partial charge on any atom is 0.410 e. The molecule has 8 atom stereocenters. The van der Waals surface area contributed by atoms with Gasteiger partial charge in [-0.3, -0.25) is 4.79 Å². The zero-order valence-corrected chi connectivity index (χ0v) is 21.7. The Balaban J connectivity index is 1.56. The molecule has 0 saturated heterocycles. The number of ketones is 1. The van der Waals surface area contributed by atoms with Crippen LogP contribution < -0.4 is 0 Å². The van der Waals surface area contributed by atoms with Crippen molar-refractivity contribution in [2.75, 3.05) is 13.7 Å². The summed E-state index contributed by atoms with van der Waals surface area (Å²) in [4.78, 5) is 29.3. The van der Waals surface area contributed by atoms with E-state index >= 15 is 0 Å². The Morgan fingerprint density at radius 1 is 1.23 bits per heavy atom. The van der Waals surface area contributed by atoms with E-state index < -0.39 is 41.8 Å². The number of nitrogens with zero attached hydrogens (tertiary/aromatic N) is 1. The summed E-state index contributed by atoms with van der Waals surface area (Å²) < 4.78 is 5.98. The number of fused-ring (bicyclic) bond motifs is 3. The summed E-state index contributed by atoms with van der Waals surface area (Å²) >= 11 is 0. The van der Waals surface area contributed by atoms with Crippen LogP contribution in [0, 0.1) is 34.5 Å². The SMILES string of the molecule is CC1=C[C@]23C(=O)[C@@H](C=C(CO)[C@@H](O)[C@]2(O)[C@H]1OC(=O)N(C)C1CCCCC1)[C@H]1[C@@H](C[C@H]3C)C1(C)C. The second-order valence-corrected chi connectivity index (χ2v) is 12.5. The second kappa shape index (κ2) is 8.15. The standard InChI is InChI=1S/C28H41NO6/c1-15-13-27-16(2)11-20-21(26(20,3)4)19(23(27)32)12-17(14-30)22(31)28(27,34)24(15)35-25(33)29(5)18-9-7-6-8-10-18/h12-13,16,18-22,24,30-31,34H,6-11,14H2,1-5H3/t16-,19+,20-,21+,22-,24+,27+,28+/m1/s1. The maximum absolute atomic E-state index is 14.4. The molecule has 0 unspecified atom stereocenters. The fourth-order valence-corrected chi connectivity index (χ4v) is 8.39. The Hall–Kier alpha value is -1.70. The fourth-order valence-electron chi connectivity index (χ4n) is 8.39. The zero-order chi connectivity index (χ0) is 25.5. The van der Waals surface area contributed by atoms with Crippen LogP contribution >= 0.6 is 0 Å². The number of allylic oxidation sites excluding steroid dienone is 1. The Morgan fingerprint density at radius 2 is 1.89 bits per heavy atom. The lowest BCUT2D eigenvalue weighted by Gasteiger charge is -2.49. The molecule has 2 bridgehead atoms. The lowest BCUT2D eigenvalue weighted by molar-refractivity contribution is -0.191. The molecule has 5 aliphatic rings. The zero-order valence-electron chi connectivity index (χ0n) is 21.7. The third-order valence-electron chi connectivity index (χ3n) is 10.5. The topological polar surface area (TPSA) is 107 Å². The van der Waals surface area contributed by atoms with Gasteiger partial charge in [-0.05, 0) is 60.5 Å². The molecular weight excluding hydrogens is 446 g/mol. The van der Waals surface area contributed by atoms with E-state index in [-0.39, 0.29) is 34.6 Å². The Bertz CT molecular complexity index is 980. The maximum atomic E-state index is 14.4. The monoisotopic (exact) mass is 487 g/mol. The first-order chi connectivity index (χ1) is 16.4. The van der Waals surface area contributed by atoms with Crippen LogP contribution in [0.5, 0.6) is 0 Å². The molecule has 7 nitrogen and oxygen atoms in total. The summed E-state index contributed by atoms with van der Waals surface area (Å²) in [6.45, 7) is 7.59. The Labute approximate surface area is 208 Å². The predicted molar refractivity (Wildman–Crippen MR) is 130 cm³/mol. The van der Waals surface area contributed by atoms with Crippen molar-refractivity contribution >= 4 is 11.9 Å². The number of aliphatic hydroxyl groups is 3. The van der Waals surface area contributed by atoms with Crippen molar-refractivity contribution in [2.45, 2.75) is 90.1 Å². The minimum absolute atomic E-state index is 0.0212. The number of rotatable bonds is 3. The molecule has 0 aromatic heterocycles. The van der Waals surface area contributed by atoms with Crippen LogP contribution in [0.4, 0.5) is 4.79 Å². The van der Waals surface area contributed by atoms with Crippen LogP contribution in [-0.4, -0.2) is 69.6 Å². The molecule has 1 spiro atoms. The van der Waals surface area contributed by atoms with Crippen LogP contribution in [0.15, 0.2) is 23.3 Å². The van der Waals surface area contributed by atoms with Crippen LogP contribution in [0.2, 0.25) is 0 Å². The highest BCUT2D eigenvalue weighted by atomic mass is 16.6. The summed E-state index contributed by atoms with van der Waals surface area (Å²) in [5.41, 5.74) is -2.70. The first-order valence-corrected chi connectivity index (χ1v) is 13.3. The number of Topliss-reactive ketones (excluding diaryl/α,β-unsaturated/α-hetero) is 1. The Morgan fingerprint density at radius 3 is 2.51 bits per heavy atom. The van der Waals surface area contributed by atoms with E-state index in [9.17, 15) is 24.9 Å². The van der Waals surface area contributed by atoms with Gasteiger partial charge in [-0.15, -0.1) is 0 Å². The molecule has 0 aromatic rings. The fraction of sp³-hybridized carbons (Fsp3) is 0.786. The first kappa shape index (κ1) is 25.0. The number of hydrogen-bond acceptors (Lipinski definition) is 6. The predicted octanol–water partition coefficient (Wildman–Crippen LogP) is 3.22. The molecule has 194 valence electrons. The van der Waals surface area contributed by atoms with E-state index in [0.717, 1.165) is 38.5 Å². The van der Waals surface area contributed by atoms with Gasteiger partial charge < -0.3 is 25.0 Å². The van der Waals surface area contributed by atoms with Gasteiger partial charge in [0, 0.05) is 19.0 Å². The van der Waals surface area contributed by atoms with E-state index in [0.29, 0.717) is 11.5 Å². The number of amides is 1. The minimum Gasteiger partial charge on any atom is -0.438 e. The largest absolute Gasteiger partial charge is 0.438 e. The van der Waals surface area contributed by atoms with E-state index in [2.05, 4.69) is 13.8 Å². The molecule has 7 heteroatoms. The summed E-state index contributed by atoms with van der Waals surface area (Å²) in [6, 6.07) is 0.0784. The number of aliphatic hydroxyl groups excluding tert-OH is 2. The molecule has 3 fully saturated rings. The van der Waals surface area contributed by atoms with Crippen LogP contribution in [-0.2, 0) is 9.53 Å². The van der Waals surface area contributed by atoms with Crippen molar-refractivity contribution in [2.24, 2.45) is 34.5 Å². The summed E-state index contributed by atoms with van der Waals surface area (Å²) in [6.07, 6.45) is 6.06.